The van der Waals surface area contributed by atoms with E-state index in [1.54, 1.807) is 0 Å². The van der Waals surface area contributed by atoms with Crippen molar-refractivity contribution in [3.05, 3.63) is 70.8 Å². The van der Waals surface area contributed by atoms with E-state index in [2.05, 4.69) is 4.90 Å². The first-order valence-electron chi connectivity index (χ1n) is 12.0. The van der Waals surface area contributed by atoms with Gasteiger partial charge >= 0.3 is 0 Å². The lowest BCUT2D eigenvalue weighted by Gasteiger charge is -2.34. The Morgan fingerprint density at radius 3 is 2.27 bits per heavy atom. The van der Waals surface area contributed by atoms with Crippen molar-refractivity contribution in [2.24, 2.45) is 17.6 Å². The van der Waals surface area contributed by atoms with Crippen LogP contribution in [0.3, 0.4) is 0 Å². The number of hydrogen-bond acceptors (Lipinski definition) is 3. The second-order valence-corrected chi connectivity index (χ2v) is 9.57. The number of carbonyl (C=O) groups is 2. The molecule has 2 fully saturated rings. The van der Waals surface area contributed by atoms with Crippen molar-refractivity contribution in [3.8, 4) is 0 Å². The quantitative estimate of drug-likeness (QED) is 0.576. The van der Waals surface area contributed by atoms with Crippen LogP contribution >= 0.6 is 0 Å². The van der Waals surface area contributed by atoms with Gasteiger partial charge in [-0.25, -0.2) is 8.78 Å². The van der Waals surface area contributed by atoms with Gasteiger partial charge in [0.1, 0.15) is 0 Å². The van der Waals surface area contributed by atoms with Crippen LogP contribution in [-0.4, -0.2) is 36.2 Å². The third-order valence-electron chi connectivity index (χ3n) is 7.53. The van der Waals surface area contributed by atoms with Gasteiger partial charge < -0.3 is 10.6 Å². The topological polar surface area (TPSA) is 63.4 Å². The smallest absolute Gasteiger partial charge is 0.248 e. The lowest BCUT2D eigenvalue weighted by Crippen LogP contribution is -2.37. The highest BCUT2D eigenvalue weighted by atomic mass is 19.2. The van der Waals surface area contributed by atoms with Crippen LogP contribution < -0.4 is 5.73 Å². The largest absolute Gasteiger partial charge is 0.366 e. The molecule has 4 nitrogen and oxygen atoms in total. The van der Waals surface area contributed by atoms with E-state index < -0.39 is 11.6 Å². The van der Waals surface area contributed by atoms with E-state index in [9.17, 15) is 18.4 Å². The number of ketones is 1. The Balaban J connectivity index is 1.21. The molecule has 0 atom stereocenters. The number of benzene rings is 2. The number of Topliss-reactive ketones (excluding diaryl/α,β-unsaturated/α-hetero) is 1. The van der Waals surface area contributed by atoms with Crippen molar-refractivity contribution in [3.63, 3.8) is 0 Å². The zero-order valence-corrected chi connectivity index (χ0v) is 18.9. The number of primary amides is 1. The second-order valence-electron chi connectivity index (χ2n) is 9.57. The van der Waals surface area contributed by atoms with Crippen molar-refractivity contribution in [2.45, 2.75) is 50.9 Å². The van der Waals surface area contributed by atoms with Gasteiger partial charge in [-0.05, 0) is 106 Å². The Hall–Kier alpha value is -2.60. The van der Waals surface area contributed by atoms with Crippen LogP contribution in [0.4, 0.5) is 8.78 Å². The minimum Gasteiger partial charge on any atom is -0.366 e. The SMILES string of the molecule is NC(=O)c1ccccc1C1CCC(CCN2CCC(C(=O)c3ccc(F)c(F)c3)CC2)CC1. The maximum absolute atomic E-state index is 13.5. The molecule has 4 rings (SSSR count). The summed E-state index contributed by atoms with van der Waals surface area (Å²) in [6.07, 6.45) is 7.14. The minimum atomic E-state index is -0.967. The van der Waals surface area contributed by atoms with Crippen molar-refractivity contribution < 1.29 is 18.4 Å². The molecule has 0 spiro atoms. The molecule has 0 radical (unpaired) electrons. The molecule has 0 unspecified atom stereocenters. The Bertz CT molecular complexity index is 993. The van der Waals surface area contributed by atoms with E-state index in [-0.39, 0.29) is 23.2 Å². The van der Waals surface area contributed by atoms with E-state index >= 15 is 0 Å². The summed E-state index contributed by atoms with van der Waals surface area (Å²) in [5.41, 5.74) is 7.57. The standard InChI is InChI=1S/C27H32F2N2O2/c28-24-10-9-21(17-25(24)29)26(32)20-12-15-31(16-13-20)14-11-18-5-7-19(8-6-18)22-3-1-2-4-23(22)27(30)33/h1-4,9-10,17-20H,5-8,11-16H2,(H2,30,33). The lowest BCUT2D eigenvalue weighted by atomic mass is 9.76. The molecule has 1 aliphatic heterocycles. The number of amides is 1. The van der Waals surface area contributed by atoms with Crippen molar-refractivity contribution in [2.75, 3.05) is 19.6 Å². The molecule has 1 saturated heterocycles. The number of nitrogens with two attached hydrogens (primary N) is 1. The fourth-order valence-corrected chi connectivity index (χ4v) is 5.51. The van der Waals surface area contributed by atoms with Crippen LogP contribution in [0.1, 0.15) is 77.1 Å². The molecule has 2 aromatic carbocycles. The molecule has 1 saturated carbocycles. The monoisotopic (exact) mass is 454 g/mol. The molecule has 0 bridgehead atoms. The number of rotatable bonds is 7. The fraction of sp³-hybridized carbons (Fsp3) is 0.481. The zero-order chi connectivity index (χ0) is 23.4. The molecular formula is C27H32F2N2O2. The Morgan fingerprint density at radius 2 is 1.61 bits per heavy atom. The number of halogens is 2. The first kappa shape index (κ1) is 23.6. The zero-order valence-electron chi connectivity index (χ0n) is 18.9. The van der Waals surface area contributed by atoms with Gasteiger partial charge in [-0.15, -0.1) is 0 Å². The average Bonchev–Trinajstić information content (AvgIpc) is 2.84. The van der Waals surface area contributed by atoms with Crippen molar-refractivity contribution in [1.82, 2.24) is 4.90 Å². The number of nitrogens with zero attached hydrogens (tertiary/aromatic N) is 1. The summed E-state index contributed by atoms with van der Waals surface area (Å²) in [5.74, 6) is -1.35. The summed E-state index contributed by atoms with van der Waals surface area (Å²) >= 11 is 0. The van der Waals surface area contributed by atoms with E-state index in [0.717, 1.165) is 82.3 Å². The highest BCUT2D eigenvalue weighted by Crippen LogP contribution is 2.38. The van der Waals surface area contributed by atoms with Crippen molar-refractivity contribution in [1.29, 1.82) is 0 Å². The first-order chi connectivity index (χ1) is 15.9. The van der Waals surface area contributed by atoms with Crippen LogP contribution in [0.2, 0.25) is 0 Å². The second kappa shape index (κ2) is 10.6. The summed E-state index contributed by atoms with van der Waals surface area (Å²) < 4.78 is 26.6. The summed E-state index contributed by atoms with van der Waals surface area (Å²) in [4.78, 5) is 26.8. The lowest BCUT2D eigenvalue weighted by molar-refractivity contribution is 0.0831. The van der Waals surface area contributed by atoms with Gasteiger partial charge in [-0.2, -0.15) is 0 Å². The van der Waals surface area contributed by atoms with Gasteiger partial charge in [-0.1, -0.05) is 18.2 Å². The van der Waals surface area contributed by atoms with Crippen LogP contribution in [-0.2, 0) is 0 Å². The average molecular weight is 455 g/mol. The molecule has 2 aliphatic rings. The Labute approximate surface area is 194 Å². The number of likely N-dealkylation sites (tertiary alicyclic amines) is 1. The fourth-order valence-electron chi connectivity index (χ4n) is 5.51. The molecule has 2 N–H and O–H groups in total. The van der Waals surface area contributed by atoms with Gasteiger partial charge in [-0.3, -0.25) is 9.59 Å². The predicted molar refractivity (Wildman–Crippen MR) is 124 cm³/mol. The van der Waals surface area contributed by atoms with E-state index in [0.29, 0.717) is 17.4 Å². The minimum absolute atomic E-state index is 0.0804. The third-order valence-corrected chi connectivity index (χ3v) is 7.53. The summed E-state index contributed by atoms with van der Waals surface area (Å²) in [5, 5.41) is 0. The Kier molecular flexibility index (Phi) is 7.53. The molecule has 176 valence electrons. The molecule has 6 heteroatoms. The van der Waals surface area contributed by atoms with E-state index in [1.165, 1.54) is 6.07 Å². The molecule has 1 amide bonds. The normalized spacial score (nSPS) is 22.2. The Morgan fingerprint density at radius 1 is 0.909 bits per heavy atom. The van der Waals surface area contributed by atoms with Gasteiger partial charge in [0.2, 0.25) is 5.91 Å². The van der Waals surface area contributed by atoms with Crippen LogP contribution in [0.25, 0.3) is 0 Å². The first-order valence-corrected chi connectivity index (χ1v) is 12.0. The molecule has 1 aliphatic carbocycles. The van der Waals surface area contributed by atoms with Crippen LogP contribution in [0.5, 0.6) is 0 Å². The third kappa shape index (κ3) is 5.67. The summed E-state index contributed by atoms with van der Waals surface area (Å²) in [7, 11) is 0. The molecular weight excluding hydrogens is 422 g/mol. The highest BCUT2D eigenvalue weighted by molar-refractivity contribution is 5.98. The van der Waals surface area contributed by atoms with Crippen LogP contribution in [0, 0.1) is 23.5 Å². The van der Waals surface area contributed by atoms with Crippen LogP contribution in [0.15, 0.2) is 42.5 Å². The molecule has 33 heavy (non-hydrogen) atoms. The highest BCUT2D eigenvalue weighted by Gasteiger charge is 2.28. The van der Waals surface area contributed by atoms with E-state index in [1.807, 2.05) is 24.3 Å². The van der Waals surface area contributed by atoms with E-state index in [4.69, 9.17) is 5.73 Å². The van der Waals surface area contributed by atoms with Crippen molar-refractivity contribution >= 4 is 11.7 Å². The van der Waals surface area contributed by atoms with Gasteiger partial charge in [0.15, 0.2) is 17.4 Å². The number of piperidine rings is 1. The van der Waals surface area contributed by atoms with Gasteiger partial charge in [0.25, 0.3) is 0 Å². The predicted octanol–water partition coefficient (Wildman–Crippen LogP) is 5.32. The molecule has 1 heterocycles. The van der Waals surface area contributed by atoms with Gasteiger partial charge in [0.05, 0.1) is 0 Å². The maximum Gasteiger partial charge on any atom is 0.248 e. The summed E-state index contributed by atoms with van der Waals surface area (Å²) in [6.45, 7) is 2.75. The number of carbonyl (C=O) groups excluding carboxylic acids is 2. The summed E-state index contributed by atoms with van der Waals surface area (Å²) in [6, 6.07) is 11.1. The van der Waals surface area contributed by atoms with Gasteiger partial charge in [0, 0.05) is 17.0 Å². The number of hydrogen-bond donors (Lipinski definition) is 1. The molecule has 2 aromatic rings. The maximum atomic E-state index is 13.5. The molecule has 0 aromatic heterocycles.